The summed E-state index contributed by atoms with van der Waals surface area (Å²) in [6.45, 7) is 7.17. The third kappa shape index (κ3) is 3.20. The van der Waals surface area contributed by atoms with Gasteiger partial charge in [0.05, 0.1) is 4.92 Å². The summed E-state index contributed by atoms with van der Waals surface area (Å²) in [4.78, 5) is 12.7. The average molecular weight is 252 g/mol. The van der Waals surface area contributed by atoms with Crippen LogP contribution in [0.15, 0.2) is 12.1 Å². The van der Waals surface area contributed by atoms with Crippen LogP contribution in [0, 0.1) is 24.0 Å². The Kier molecular flexibility index (Phi) is 5.09. The molecule has 0 amide bonds. The molecular formula is C13H20N2O3. The number of nitro benzene ring substituents is 1. The Bertz CT molecular complexity index is 432. The molecule has 0 bridgehead atoms. The standard InChI is InChI=1S/C13H20N2O3/c1-4-14(6-5-7-16)12-8-10(2)11(3)9-13(12)15(17)18/h8-9,16H,4-7H2,1-3H3. The maximum absolute atomic E-state index is 11.1. The highest BCUT2D eigenvalue weighted by Crippen LogP contribution is 2.31. The van der Waals surface area contributed by atoms with E-state index in [0.717, 1.165) is 11.1 Å². The van der Waals surface area contributed by atoms with Crippen LogP contribution in [-0.2, 0) is 0 Å². The molecule has 0 unspecified atom stereocenters. The van der Waals surface area contributed by atoms with Crippen molar-refractivity contribution in [3.8, 4) is 0 Å². The van der Waals surface area contributed by atoms with E-state index < -0.39 is 0 Å². The molecule has 0 aromatic heterocycles. The first-order valence-corrected chi connectivity index (χ1v) is 6.12. The van der Waals surface area contributed by atoms with E-state index in [1.54, 1.807) is 6.07 Å². The molecular weight excluding hydrogens is 232 g/mol. The summed E-state index contributed by atoms with van der Waals surface area (Å²) in [5, 5.41) is 20.0. The zero-order chi connectivity index (χ0) is 13.7. The van der Waals surface area contributed by atoms with Crippen molar-refractivity contribution in [2.45, 2.75) is 27.2 Å². The molecule has 1 N–H and O–H groups in total. The lowest BCUT2D eigenvalue weighted by molar-refractivity contribution is -0.384. The van der Waals surface area contributed by atoms with Gasteiger partial charge in [0.15, 0.2) is 0 Å². The van der Waals surface area contributed by atoms with Crippen molar-refractivity contribution < 1.29 is 10.0 Å². The third-order valence-electron chi connectivity index (χ3n) is 3.10. The predicted molar refractivity (Wildman–Crippen MR) is 72.2 cm³/mol. The number of hydrogen-bond acceptors (Lipinski definition) is 4. The van der Waals surface area contributed by atoms with Crippen LogP contribution in [0.2, 0.25) is 0 Å². The van der Waals surface area contributed by atoms with E-state index in [9.17, 15) is 10.1 Å². The van der Waals surface area contributed by atoms with Crippen molar-refractivity contribution in [3.63, 3.8) is 0 Å². The molecule has 0 aliphatic carbocycles. The summed E-state index contributed by atoms with van der Waals surface area (Å²) in [5.41, 5.74) is 2.73. The average Bonchev–Trinajstić information content (AvgIpc) is 2.33. The quantitative estimate of drug-likeness (QED) is 0.623. The molecule has 0 saturated heterocycles. The van der Waals surface area contributed by atoms with Crippen molar-refractivity contribution in [2.24, 2.45) is 0 Å². The van der Waals surface area contributed by atoms with E-state index in [4.69, 9.17) is 5.11 Å². The molecule has 18 heavy (non-hydrogen) atoms. The molecule has 0 aliphatic heterocycles. The summed E-state index contributed by atoms with van der Waals surface area (Å²) >= 11 is 0. The molecule has 0 radical (unpaired) electrons. The first-order valence-electron chi connectivity index (χ1n) is 6.12. The molecule has 1 aromatic carbocycles. The molecule has 0 spiro atoms. The molecule has 1 aromatic rings. The molecule has 0 aliphatic rings. The van der Waals surface area contributed by atoms with Crippen LogP contribution in [0.3, 0.4) is 0 Å². The maximum Gasteiger partial charge on any atom is 0.292 e. The molecule has 0 heterocycles. The Labute approximate surface area is 107 Å². The molecule has 0 saturated carbocycles. The third-order valence-corrected chi connectivity index (χ3v) is 3.10. The van der Waals surface area contributed by atoms with Gasteiger partial charge in [0.1, 0.15) is 5.69 Å². The number of hydrogen-bond donors (Lipinski definition) is 1. The Morgan fingerprint density at radius 1 is 1.33 bits per heavy atom. The molecule has 5 nitrogen and oxygen atoms in total. The number of nitrogens with zero attached hydrogens (tertiary/aromatic N) is 2. The molecule has 0 atom stereocenters. The van der Waals surface area contributed by atoms with Crippen LogP contribution in [-0.4, -0.2) is 29.7 Å². The zero-order valence-electron chi connectivity index (χ0n) is 11.1. The summed E-state index contributed by atoms with van der Waals surface area (Å²) in [7, 11) is 0. The smallest absolute Gasteiger partial charge is 0.292 e. The Morgan fingerprint density at radius 2 is 1.94 bits per heavy atom. The molecule has 100 valence electrons. The van der Waals surface area contributed by atoms with Gasteiger partial charge in [-0.15, -0.1) is 0 Å². The largest absolute Gasteiger partial charge is 0.396 e. The van der Waals surface area contributed by atoms with Gasteiger partial charge in [0.2, 0.25) is 0 Å². The van der Waals surface area contributed by atoms with Gasteiger partial charge in [0, 0.05) is 25.8 Å². The van der Waals surface area contributed by atoms with Crippen LogP contribution in [0.5, 0.6) is 0 Å². The lowest BCUT2D eigenvalue weighted by Gasteiger charge is -2.23. The predicted octanol–water partition coefficient (Wildman–Crippen LogP) is 2.42. The van der Waals surface area contributed by atoms with Gasteiger partial charge in [0.25, 0.3) is 5.69 Å². The van der Waals surface area contributed by atoms with Crippen LogP contribution < -0.4 is 4.90 Å². The highest BCUT2D eigenvalue weighted by atomic mass is 16.6. The lowest BCUT2D eigenvalue weighted by atomic mass is 10.1. The minimum atomic E-state index is -0.344. The van der Waals surface area contributed by atoms with Crippen molar-refractivity contribution in [3.05, 3.63) is 33.4 Å². The first-order chi connectivity index (χ1) is 8.51. The second-order valence-electron chi connectivity index (χ2n) is 4.34. The number of aliphatic hydroxyl groups excluding tert-OH is 1. The van der Waals surface area contributed by atoms with Gasteiger partial charge < -0.3 is 10.0 Å². The van der Waals surface area contributed by atoms with Crippen LogP contribution in [0.4, 0.5) is 11.4 Å². The van der Waals surface area contributed by atoms with Crippen molar-refractivity contribution in [2.75, 3.05) is 24.6 Å². The maximum atomic E-state index is 11.1. The molecule has 0 fully saturated rings. The fourth-order valence-corrected chi connectivity index (χ4v) is 1.90. The van der Waals surface area contributed by atoms with Gasteiger partial charge in [-0.25, -0.2) is 0 Å². The number of anilines is 1. The van der Waals surface area contributed by atoms with Crippen molar-refractivity contribution >= 4 is 11.4 Å². The summed E-state index contributed by atoms with van der Waals surface area (Å²) in [6, 6.07) is 3.47. The molecule has 1 rings (SSSR count). The van der Waals surface area contributed by atoms with E-state index in [-0.39, 0.29) is 17.2 Å². The number of aliphatic hydroxyl groups is 1. The minimum Gasteiger partial charge on any atom is -0.396 e. The SMILES string of the molecule is CCN(CCCO)c1cc(C)c(C)cc1[N+](=O)[O-]. The van der Waals surface area contributed by atoms with E-state index in [2.05, 4.69) is 0 Å². The fourth-order valence-electron chi connectivity index (χ4n) is 1.90. The monoisotopic (exact) mass is 252 g/mol. The van der Waals surface area contributed by atoms with Gasteiger partial charge in [-0.3, -0.25) is 10.1 Å². The summed E-state index contributed by atoms with van der Waals surface area (Å²) < 4.78 is 0. The Hall–Kier alpha value is -1.62. The second-order valence-corrected chi connectivity index (χ2v) is 4.34. The summed E-state index contributed by atoms with van der Waals surface area (Å²) in [5.74, 6) is 0. The van der Waals surface area contributed by atoms with Crippen LogP contribution in [0.1, 0.15) is 24.5 Å². The van der Waals surface area contributed by atoms with Crippen LogP contribution >= 0.6 is 0 Å². The highest BCUT2D eigenvalue weighted by Gasteiger charge is 2.19. The fraction of sp³-hybridized carbons (Fsp3) is 0.538. The summed E-state index contributed by atoms with van der Waals surface area (Å²) in [6.07, 6.45) is 0.609. The van der Waals surface area contributed by atoms with Crippen LogP contribution in [0.25, 0.3) is 0 Å². The number of benzene rings is 1. The first kappa shape index (κ1) is 14.4. The second kappa shape index (κ2) is 6.35. The van der Waals surface area contributed by atoms with Gasteiger partial charge in [-0.05, 0) is 44.4 Å². The lowest BCUT2D eigenvalue weighted by Crippen LogP contribution is -2.25. The van der Waals surface area contributed by atoms with E-state index in [1.165, 1.54) is 0 Å². The van der Waals surface area contributed by atoms with E-state index in [1.807, 2.05) is 31.7 Å². The number of aryl methyl sites for hydroxylation is 2. The van der Waals surface area contributed by atoms with Crippen molar-refractivity contribution in [1.82, 2.24) is 0 Å². The highest BCUT2D eigenvalue weighted by molar-refractivity contribution is 5.66. The van der Waals surface area contributed by atoms with E-state index >= 15 is 0 Å². The number of nitro groups is 1. The van der Waals surface area contributed by atoms with Gasteiger partial charge >= 0.3 is 0 Å². The topological polar surface area (TPSA) is 66.6 Å². The minimum absolute atomic E-state index is 0.0924. The Morgan fingerprint density at radius 3 is 2.44 bits per heavy atom. The van der Waals surface area contributed by atoms with Gasteiger partial charge in [-0.1, -0.05) is 0 Å². The van der Waals surface area contributed by atoms with Crippen molar-refractivity contribution in [1.29, 1.82) is 0 Å². The normalized spacial score (nSPS) is 10.4. The number of rotatable bonds is 6. The van der Waals surface area contributed by atoms with Gasteiger partial charge in [-0.2, -0.15) is 0 Å². The molecule has 5 heteroatoms. The zero-order valence-corrected chi connectivity index (χ0v) is 11.1. The Balaban J connectivity index is 3.18. The van der Waals surface area contributed by atoms with E-state index in [0.29, 0.717) is 25.2 Å².